The molecule has 0 aromatic rings. The lowest BCUT2D eigenvalue weighted by Crippen LogP contribution is -2.59. The predicted octanol–water partition coefficient (Wildman–Crippen LogP) is 1.69. The zero-order valence-corrected chi connectivity index (χ0v) is 43.9. The van der Waals surface area contributed by atoms with Crippen LogP contribution in [-0.4, -0.2) is 204 Å². The van der Waals surface area contributed by atoms with Gasteiger partial charge in [0.15, 0.2) is 0 Å². The number of carbonyl (C=O) groups excluding carboxylic acids is 7. The van der Waals surface area contributed by atoms with E-state index >= 15 is 0 Å². The molecule has 0 rings (SSSR count). The Balaban J connectivity index is 5.25. The summed E-state index contributed by atoms with van der Waals surface area (Å²) in [6.07, 6.45) is 0.817. The summed E-state index contributed by atoms with van der Waals surface area (Å²) in [7, 11) is 1.32. The van der Waals surface area contributed by atoms with Crippen LogP contribution in [0.4, 0.5) is 9.59 Å². The van der Waals surface area contributed by atoms with Crippen LogP contribution in [0.1, 0.15) is 99.8 Å². The van der Waals surface area contributed by atoms with E-state index in [2.05, 4.69) is 36.6 Å². The third-order valence-corrected chi connectivity index (χ3v) is 8.86. The van der Waals surface area contributed by atoms with Crippen LogP contribution in [0.25, 0.3) is 0 Å². The molecule has 6 N–H and O–H groups in total. The Kier molecular flexibility index (Phi) is 39.5. The highest BCUT2D eigenvalue weighted by Crippen LogP contribution is 2.12. The Hall–Kier alpha value is -4.43. The van der Waals surface area contributed by atoms with Crippen LogP contribution in [0.15, 0.2) is 0 Å². The van der Waals surface area contributed by atoms with Gasteiger partial charge >= 0.3 is 18.2 Å². The molecule has 0 spiro atoms. The van der Waals surface area contributed by atoms with Crippen LogP contribution in [0.5, 0.6) is 0 Å². The average Bonchev–Trinajstić information content (AvgIpc) is 3.29. The van der Waals surface area contributed by atoms with Gasteiger partial charge in [-0.25, -0.2) is 9.59 Å². The second-order valence-electron chi connectivity index (χ2n) is 18.0. The fourth-order valence-corrected chi connectivity index (χ4v) is 5.46. The number of carbonyl (C=O) groups is 7. The predicted molar refractivity (Wildman–Crippen MR) is 260 cm³/mol. The van der Waals surface area contributed by atoms with Gasteiger partial charge in [0.05, 0.1) is 119 Å². The molecule has 0 bridgehead atoms. The molecule has 71 heavy (non-hydrogen) atoms. The van der Waals surface area contributed by atoms with Gasteiger partial charge in [-0.1, -0.05) is 6.92 Å². The van der Waals surface area contributed by atoms with Gasteiger partial charge in [0.1, 0.15) is 16.7 Å². The van der Waals surface area contributed by atoms with E-state index in [-0.39, 0.29) is 122 Å². The molecule has 0 heterocycles. The zero-order chi connectivity index (χ0) is 53.1. The third kappa shape index (κ3) is 45.2. The minimum absolute atomic E-state index is 0.00948. The molecule has 0 fully saturated rings. The van der Waals surface area contributed by atoms with Crippen molar-refractivity contribution in [1.29, 1.82) is 0 Å². The number of alkyl carbamates (subject to hydrolysis) is 2. The average molecular weight is 1030 g/mol. The lowest BCUT2D eigenvalue weighted by atomic mass is 10.0. The first kappa shape index (κ1) is 66.6. The van der Waals surface area contributed by atoms with Crippen molar-refractivity contribution in [3.8, 4) is 0 Å². The molecule has 0 aliphatic carbocycles. The second kappa shape index (κ2) is 42.1. The summed E-state index contributed by atoms with van der Waals surface area (Å²) in [5.41, 5.74) is -2.56. The lowest BCUT2D eigenvalue weighted by Gasteiger charge is -2.34. The number of ether oxygens (including phenoxy) is 11. The van der Waals surface area contributed by atoms with Gasteiger partial charge in [0.2, 0.25) is 23.6 Å². The minimum Gasteiger partial charge on any atom is -0.469 e. The van der Waals surface area contributed by atoms with Crippen LogP contribution < -0.4 is 31.9 Å². The number of methoxy groups -OCH3 is 1. The molecule has 24 heteroatoms. The number of hydrogen-bond donors (Lipinski definition) is 6. The summed E-state index contributed by atoms with van der Waals surface area (Å²) >= 11 is 0. The van der Waals surface area contributed by atoms with E-state index < -0.39 is 34.8 Å². The SMILES string of the molecule is CCCNC(=O)CCOCC(COCCC(=O)NCCCNC(=O)OC(C)(C)C)(COCCC(=O)NCCCNC(=O)OC(C)(C)C)NC(=O)CCOCCOCCOCCOCCOCCC(=O)OC. The molecule has 0 saturated heterocycles. The van der Waals surface area contributed by atoms with Crippen LogP contribution in [0.3, 0.4) is 0 Å². The third-order valence-electron chi connectivity index (χ3n) is 8.86. The fraction of sp³-hybridized carbons (Fsp3) is 0.851. The number of amides is 6. The van der Waals surface area contributed by atoms with Crippen molar-refractivity contribution in [1.82, 2.24) is 31.9 Å². The van der Waals surface area contributed by atoms with E-state index in [0.29, 0.717) is 85.2 Å². The van der Waals surface area contributed by atoms with Crippen molar-refractivity contribution < 1.29 is 85.7 Å². The summed E-state index contributed by atoms with van der Waals surface area (Å²) in [6.45, 7) is 16.8. The first-order valence-corrected chi connectivity index (χ1v) is 24.5. The highest BCUT2D eigenvalue weighted by molar-refractivity contribution is 5.77. The van der Waals surface area contributed by atoms with Gasteiger partial charge in [0.25, 0.3) is 0 Å². The summed E-state index contributed by atoms with van der Waals surface area (Å²) in [5, 5.41) is 16.6. The molecule has 0 saturated carbocycles. The number of nitrogens with one attached hydrogen (secondary N) is 6. The summed E-state index contributed by atoms with van der Waals surface area (Å²) in [5.74, 6) is -1.52. The molecule has 0 aliphatic heterocycles. The van der Waals surface area contributed by atoms with Gasteiger partial charge in [-0.3, -0.25) is 24.0 Å². The summed E-state index contributed by atoms with van der Waals surface area (Å²) in [6, 6.07) is 0. The van der Waals surface area contributed by atoms with Crippen LogP contribution in [0.2, 0.25) is 0 Å². The van der Waals surface area contributed by atoms with Crippen molar-refractivity contribution in [2.75, 3.05) is 146 Å². The van der Waals surface area contributed by atoms with Gasteiger partial charge in [-0.05, 0) is 60.8 Å². The van der Waals surface area contributed by atoms with Crippen LogP contribution >= 0.6 is 0 Å². The molecule has 0 unspecified atom stereocenters. The molecule has 0 aromatic carbocycles. The van der Waals surface area contributed by atoms with E-state index in [9.17, 15) is 33.6 Å². The molecule has 24 nitrogen and oxygen atoms in total. The van der Waals surface area contributed by atoms with E-state index in [1.807, 2.05) is 6.92 Å². The maximum absolute atomic E-state index is 13.4. The number of hydrogen-bond acceptors (Lipinski definition) is 18. The molecule has 0 radical (unpaired) electrons. The zero-order valence-electron chi connectivity index (χ0n) is 43.9. The van der Waals surface area contributed by atoms with Gasteiger partial charge < -0.3 is 84.0 Å². The number of rotatable bonds is 44. The molecule has 414 valence electrons. The first-order valence-electron chi connectivity index (χ1n) is 24.5. The van der Waals surface area contributed by atoms with Crippen molar-refractivity contribution in [2.45, 2.75) is 117 Å². The summed E-state index contributed by atoms with van der Waals surface area (Å²) in [4.78, 5) is 85.8. The lowest BCUT2D eigenvalue weighted by molar-refractivity contribution is -0.142. The monoisotopic (exact) mass is 1020 g/mol. The van der Waals surface area contributed by atoms with Crippen molar-refractivity contribution in [3.05, 3.63) is 0 Å². The van der Waals surface area contributed by atoms with Gasteiger partial charge in [0, 0.05) is 58.4 Å². The van der Waals surface area contributed by atoms with Crippen LogP contribution in [-0.2, 0) is 76.1 Å². The Bertz CT molecular complexity index is 1400. The van der Waals surface area contributed by atoms with Crippen molar-refractivity contribution in [3.63, 3.8) is 0 Å². The van der Waals surface area contributed by atoms with Crippen molar-refractivity contribution >= 4 is 41.8 Å². The van der Waals surface area contributed by atoms with E-state index in [1.165, 1.54) is 7.11 Å². The molecule has 0 aromatic heterocycles. The first-order chi connectivity index (χ1) is 33.8. The highest BCUT2D eigenvalue weighted by Gasteiger charge is 2.34. The van der Waals surface area contributed by atoms with E-state index in [1.54, 1.807) is 41.5 Å². The smallest absolute Gasteiger partial charge is 0.407 e. The maximum atomic E-state index is 13.4. The standard InChI is InChI=1S/C47H88N6O18/c1-9-17-48-38(54)12-23-67-35-47(36-68-24-13-39(55)49-18-10-20-51-43(59)70-45(2,3)4,37-69-25-14-40(56)50-19-11-21-52-44(60)71-46(5,6)7)53-41(57)15-22-62-27-29-64-31-33-66-34-32-65-30-28-63-26-16-42(58)61-8/h9-37H2,1-8H3,(H,48,54)(H,49,55)(H,50,56)(H,51,59)(H,52,60)(H,53,57). The maximum Gasteiger partial charge on any atom is 0.407 e. The van der Waals surface area contributed by atoms with E-state index in [0.717, 1.165) is 6.42 Å². The molecular formula is C47H88N6O18. The Morgan fingerprint density at radius 2 is 0.690 bits per heavy atom. The van der Waals surface area contributed by atoms with E-state index in [4.69, 9.17) is 47.4 Å². The fourth-order valence-electron chi connectivity index (χ4n) is 5.46. The largest absolute Gasteiger partial charge is 0.469 e. The second-order valence-corrected chi connectivity index (χ2v) is 18.0. The Morgan fingerprint density at radius 3 is 1.04 bits per heavy atom. The quantitative estimate of drug-likeness (QED) is 0.0288. The molecular weight excluding hydrogens is 937 g/mol. The topological polar surface area (TPSA) is 293 Å². The molecule has 0 atom stereocenters. The van der Waals surface area contributed by atoms with Crippen LogP contribution in [0, 0.1) is 0 Å². The Morgan fingerprint density at radius 1 is 0.380 bits per heavy atom. The van der Waals surface area contributed by atoms with Crippen molar-refractivity contribution in [2.24, 2.45) is 0 Å². The normalized spacial score (nSPS) is 11.6. The number of esters is 1. The molecule has 6 amide bonds. The van der Waals surface area contributed by atoms with Gasteiger partial charge in [-0.15, -0.1) is 0 Å². The Labute approximate surface area is 420 Å². The molecule has 0 aliphatic rings. The minimum atomic E-state index is -1.31. The van der Waals surface area contributed by atoms with Gasteiger partial charge in [-0.2, -0.15) is 0 Å². The highest BCUT2D eigenvalue weighted by atomic mass is 16.6. The summed E-state index contributed by atoms with van der Waals surface area (Å²) < 4.78 is 60.2.